The van der Waals surface area contributed by atoms with Crippen molar-refractivity contribution in [3.05, 3.63) is 78.0 Å². The second-order valence-electron chi connectivity index (χ2n) is 10.4. The smallest absolute Gasteiger partial charge is 0.192 e. The van der Waals surface area contributed by atoms with Crippen LogP contribution >= 0.6 is 0 Å². The van der Waals surface area contributed by atoms with Gasteiger partial charge >= 0.3 is 0 Å². The quantitative estimate of drug-likeness (QED) is 0.333. The van der Waals surface area contributed by atoms with Gasteiger partial charge in [-0.25, -0.2) is 22.9 Å². The van der Waals surface area contributed by atoms with Gasteiger partial charge in [0.1, 0.15) is 11.9 Å². The molecule has 7 rings (SSSR count). The van der Waals surface area contributed by atoms with E-state index in [-0.39, 0.29) is 5.03 Å². The Hall–Kier alpha value is -4.60. The molecule has 0 aliphatic carbocycles. The molecule has 3 aliphatic heterocycles. The summed E-state index contributed by atoms with van der Waals surface area (Å²) in [7, 11) is -1.62. The van der Waals surface area contributed by atoms with Gasteiger partial charge in [0, 0.05) is 98.3 Å². The van der Waals surface area contributed by atoms with Crippen LogP contribution in [0.1, 0.15) is 23.1 Å². The molecular weight excluding hydrogens is 538 g/mol. The van der Waals surface area contributed by atoms with Crippen LogP contribution in [0.3, 0.4) is 0 Å². The van der Waals surface area contributed by atoms with E-state index in [1.165, 1.54) is 12.5 Å². The van der Waals surface area contributed by atoms with E-state index in [1.807, 2.05) is 36.7 Å². The van der Waals surface area contributed by atoms with Crippen LogP contribution in [0.25, 0.3) is 22.2 Å². The van der Waals surface area contributed by atoms with Crippen LogP contribution in [-0.2, 0) is 16.4 Å². The van der Waals surface area contributed by atoms with Gasteiger partial charge in [0.2, 0.25) is 0 Å². The largest absolute Gasteiger partial charge is 0.404 e. The average Bonchev–Trinajstić information content (AvgIpc) is 3.41. The van der Waals surface area contributed by atoms with Gasteiger partial charge in [-0.3, -0.25) is 9.89 Å². The number of pyridine rings is 3. The average molecular weight is 568 g/mol. The number of sulfone groups is 1. The maximum absolute atomic E-state index is 11.7. The van der Waals surface area contributed by atoms with Crippen molar-refractivity contribution >= 4 is 33.0 Å². The molecule has 3 aliphatic rings. The van der Waals surface area contributed by atoms with E-state index in [9.17, 15) is 13.7 Å². The minimum atomic E-state index is -3.30. The van der Waals surface area contributed by atoms with Crippen molar-refractivity contribution in [1.29, 1.82) is 5.26 Å². The standard InChI is InChI=1S/C29H29N9O2S/c1-32-12-22(9-30)21-7-26(29-23(10-31)14-35-38(29)16-21)20-4-5-27(33-13-20)36-17-24-8-25(18-36)37(24)15-19-3-6-28(34-11-19)41(2,39)40/h3-7,9,11-14,16,24-25H,8,15,17-18,30H2,1-2H3. The zero-order chi connectivity index (χ0) is 28.7. The number of aromatic nitrogens is 4. The van der Waals surface area contributed by atoms with E-state index in [2.05, 4.69) is 30.9 Å². The van der Waals surface area contributed by atoms with Gasteiger partial charge in [-0.1, -0.05) is 6.07 Å². The number of aliphatic imine (C=N–C) groups is 1. The summed E-state index contributed by atoms with van der Waals surface area (Å²) < 4.78 is 25.1. The minimum absolute atomic E-state index is 0.0985. The van der Waals surface area contributed by atoms with E-state index in [1.54, 1.807) is 36.2 Å². The number of piperazine rings is 1. The van der Waals surface area contributed by atoms with Crippen molar-refractivity contribution in [3.63, 3.8) is 0 Å². The van der Waals surface area contributed by atoms with Crippen molar-refractivity contribution < 1.29 is 8.42 Å². The highest BCUT2D eigenvalue weighted by molar-refractivity contribution is 7.90. The molecular formula is C29H29N9O2S. The summed E-state index contributed by atoms with van der Waals surface area (Å²) in [6, 6.07) is 12.5. The predicted octanol–water partition coefficient (Wildman–Crippen LogP) is 2.53. The highest BCUT2D eigenvalue weighted by Crippen LogP contribution is 2.36. The number of nitriles is 1. The molecule has 3 saturated heterocycles. The summed E-state index contributed by atoms with van der Waals surface area (Å²) >= 11 is 0. The number of hydrogen-bond acceptors (Lipinski definition) is 10. The maximum Gasteiger partial charge on any atom is 0.192 e. The van der Waals surface area contributed by atoms with Gasteiger partial charge in [-0.15, -0.1) is 0 Å². The Morgan fingerprint density at radius 1 is 1.17 bits per heavy atom. The zero-order valence-corrected chi connectivity index (χ0v) is 23.5. The second-order valence-corrected chi connectivity index (χ2v) is 12.4. The zero-order valence-electron chi connectivity index (χ0n) is 22.7. The fourth-order valence-corrected chi connectivity index (χ4v) is 6.29. The Bertz CT molecular complexity index is 1810. The first-order valence-electron chi connectivity index (χ1n) is 13.2. The van der Waals surface area contributed by atoms with Gasteiger partial charge in [0.25, 0.3) is 0 Å². The van der Waals surface area contributed by atoms with Crippen LogP contribution < -0.4 is 10.6 Å². The highest BCUT2D eigenvalue weighted by Gasteiger charge is 2.44. The first-order valence-corrected chi connectivity index (χ1v) is 15.1. The Balaban J connectivity index is 1.21. The molecule has 2 atom stereocenters. The lowest BCUT2D eigenvalue weighted by Crippen LogP contribution is -2.68. The van der Waals surface area contributed by atoms with E-state index >= 15 is 0 Å². The monoisotopic (exact) mass is 567 g/mol. The fraction of sp³-hybridized carbons (Fsp3) is 0.276. The van der Waals surface area contributed by atoms with Crippen molar-refractivity contribution in [2.24, 2.45) is 10.7 Å². The summed E-state index contributed by atoms with van der Waals surface area (Å²) in [5.74, 6) is 0.907. The maximum atomic E-state index is 11.7. The number of rotatable bonds is 7. The Morgan fingerprint density at radius 2 is 1.98 bits per heavy atom. The number of fused-ring (bicyclic) bond motifs is 3. The number of piperidine rings is 1. The summed E-state index contributed by atoms with van der Waals surface area (Å²) in [4.78, 5) is 17.8. The number of nitrogens with zero attached hydrogens (tertiary/aromatic N) is 8. The molecule has 0 radical (unpaired) electrons. The lowest BCUT2D eigenvalue weighted by atomic mass is 9.87. The van der Waals surface area contributed by atoms with Gasteiger partial charge in [-0.2, -0.15) is 10.4 Å². The van der Waals surface area contributed by atoms with Gasteiger partial charge < -0.3 is 10.6 Å². The van der Waals surface area contributed by atoms with E-state index in [0.717, 1.165) is 59.7 Å². The molecule has 2 N–H and O–H groups in total. The molecule has 7 heterocycles. The van der Waals surface area contributed by atoms with Gasteiger partial charge in [-0.05, 0) is 36.2 Å². The molecule has 4 aromatic heterocycles. The number of anilines is 1. The van der Waals surface area contributed by atoms with E-state index in [0.29, 0.717) is 23.2 Å². The molecule has 208 valence electrons. The van der Waals surface area contributed by atoms with Crippen LogP contribution in [0.15, 0.2) is 71.3 Å². The van der Waals surface area contributed by atoms with E-state index < -0.39 is 9.84 Å². The van der Waals surface area contributed by atoms with Crippen LogP contribution in [0.4, 0.5) is 5.82 Å². The molecule has 3 fully saturated rings. The third kappa shape index (κ3) is 4.94. The highest BCUT2D eigenvalue weighted by atomic mass is 32.2. The molecule has 0 saturated carbocycles. The Morgan fingerprint density at radius 3 is 2.59 bits per heavy atom. The summed E-state index contributed by atoms with van der Waals surface area (Å²) in [6.07, 6.45) is 12.4. The summed E-state index contributed by atoms with van der Waals surface area (Å²) in [5.41, 5.74) is 11.3. The summed E-state index contributed by atoms with van der Waals surface area (Å²) in [5, 5.41) is 14.2. The number of allylic oxidation sites excluding steroid dienone is 1. The Kier molecular flexibility index (Phi) is 6.76. The van der Waals surface area contributed by atoms with Gasteiger partial charge in [0.15, 0.2) is 14.9 Å². The normalized spacial score (nSPS) is 19.4. The SMILES string of the molecule is CN=CC(=CN)c1cc(-c2ccc(N3CC4CC(C3)N4Cc3ccc(S(C)(=O)=O)nc3)nc2)c2c(C#N)cnn2c1. The van der Waals surface area contributed by atoms with Crippen molar-refractivity contribution in [2.45, 2.75) is 30.1 Å². The van der Waals surface area contributed by atoms with Crippen LogP contribution in [-0.4, -0.2) is 77.6 Å². The summed E-state index contributed by atoms with van der Waals surface area (Å²) in [6.45, 7) is 2.47. The van der Waals surface area contributed by atoms with Crippen molar-refractivity contribution in [1.82, 2.24) is 24.5 Å². The van der Waals surface area contributed by atoms with Crippen LogP contribution in [0.5, 0.6) is 0 Å². The number of hydrogen-bond donors (Lipinski definition) is 1. The first-order chi connectivity index (χ1) is 19.8. The predicted molar refractivity (Wildman–Crippen MR) is 157 cm³/mol. The van der Waals surface area contributed by atoms with Crippen LogP contribution in [0, 0.1) is 11.3 Å². The molecule has 2 bridgehead atoms. The second kappa shape index (κ2) is 10.4. The number of nitrogens with two attached hydrogens (primary N) is 1. The topological polar surface area (TPSA) is 146 Å². The third-order valence-electron chi connectivity index (χ3n) is 7.78. The molecule has 0 amide bonds. The third-order valence-corrected chi connectivity index (χ3v) is 8.78. The minimum Gasteiger partial charge on any atom is -0.404 e. The molecule has 12 heteroatoms. The fourth-order valence-electron chi connectivity index (χ4n) is 5.73. The molecule has 0 spiro atoms. The molecule has 0 aromatic carbocycles. The van der Waals surface area contributed by atoms with Crippen LogP contribution in [0.2, 0.25) is 0 Å². The Labute approximate surface area is 238 Å². The van der Waals surface area contributed by atoms with Gasteiger partial charge in [0.05, 0.1) is 17.3 Å². The lowest BCUT2D eigenvalue weighted by Gasteiger charge is -2.56. The molecule has 11 nitrogen and oxygen atoms in total. The lowest BCUT2D eigenvalue weighted by molar-refractivity contribution is -0.00877. The van der Waals surface area contributed by atoms with E-state index in [4.69, 9.17) is 10.7 Å². The molecule has 4 aromatic rings. The molecule has 2 unspecified atom stereocenters. The van der Waals surface area contributed by atoms with Crippen molar-refractivity contribution in [2.75, 3.05) is 31.3 Å². The molecule has 41 heavy (non-hydrogen) atoms. The first kappa shape index (κ1) is 26.6. The van der Waals surface area contributed by atoms with Crippen molar-refractivity contribution in [3.8, 4) is 17.2 Å².